The second-order valence-electron chi connectivity index (χ2n) is 3.36. The molecule has 2 aromatic carbocycles. The van der Waals surface area contributed by atoms with Crippen molar-refractivity contribution in [3.05, 3.63) is 63.1 Å². The van der Waals surface area contributed by atoms with Crippen molar-refractivity contribution in [1.82, 2.24) is 0 Å². The Labute approximate surface area is 115 Å². The van der Waals surface area contributed by atoms with Crippen molar-refractivity contribution in [3.63, 3.8) is 0 Å². The van der Waals surface area contributed by atoms with Crippen molar-refractivity contribution in [2.24, 2.45) is 4.99 Å². The number of hydrogen-bond acceptors (Lipinski definition) is 1. The molecule has 0 atom stereocenters. The van der Waals surface area contributed by atoms with Crippen LogP contribution in [0.15, 0.2) is 47.5 Å². The predicted octanol–water partition coefficient (Wildman–Crippen LogP) is 5.40. The van der Waals surface area contributed by atoms with E-state index in [2.05, 4.69) is 4.99 Å². The molecule has 0 fully saturated rings. The Balaban J connectivity index is 2.31. The van der Waals surface area contributed by atoms with Crippen LogP contribution in [0, 0.1) is 0 Å². The number of nitrogens with zero attached hydrogens (tertiary/aromatic N) is 1. The average Bonchev–Trinajstić information content (AvgIpc) is 2.36. The molecule has 0 aromatic heterocycles. The molecule has 0 N–H and O–H groups in total. The second-order valence-corrected chi connectivity index (χ2v) is 4.53. The summed E-state index contributed by atoms with van der Waals surface area (Å²) in [5.41, 5.74) is 1.60. The van der Waals surface area contributed by atoms with E-state index < -0.39 is 0 Å². The minimum atomic E-state index is 0.330. The molecular formula is C13H8Cl3N. The Morgan fingerprint density at radius 2 is 1.53 bits per heavy atom. The zero-order valence-electron chi connectivity index (χ0n) is 8.70. The van der Waals surface area contributed by atoms with Crippen LogP contribution in [0.4, 0.5) is 5.69 Å². The number of hydrogen-bond donors (Lipinski definition) is 0. The Morgan fingerprint density at radius 1 is 0.824 bits per heavy atom. The third-order valence-corrected chi connectivity index (χ3v) is 3.45. The first-order valence-corrected chi connectivity index (χ1v) is 6.04. The Hall–Kier alpha value is -1.02. The highest BCUT2D eigenvalue weighted by Crippen LogP contribution is 2.36. The molecular weight excluding hydrogens is 277 g/mol. The number of rotatable bonds is 2. The highest BCUT2D eigenvalue weighted by molar-refractivity contribution is 6.49. The molecule has 1 nitrogen and oxygen atoms in total. The van der Waals surface area contributed by atoms with Crippen molar-refractivity contribution < 1.29 is 0 Å². The third kappa shape index (κ3) is 3.01. The van der Waals surface area contributed by atoms with Crippen LogP contribution in [0.2, 0.25) is 15.1 Å². The summed E-state index contributed by atoms with van der Waals surface area (Å²) in [4.78, 5) is 4.28. The Morgan fingerprint density at radius 3 is 2.24 bits per heavy atom. The molecule has 0 amide bonds. The van der Waals surface area contributed by atoms with Gasteiger partial charge in [-0.25, -0.2) is 0 Å². The molecule has 0 aliphatic heterocycles. The van der Waals surface area contributed by atoms with E-state index in [0.29, 0.717) is 20.8 Å². The summed E-state index contributed by atoms with van der Waals surface area (Å²) in [6.07, 6.45) is 1.73. The zero-order chi connectivity index (χ0) is 12.3. The standard InChI is InChI=1S/C13H8Cl3N/c14-10-6-7-11(13(16)12(10)15)17-8-9-4-2-1-3-5-9/h1-8H/b17-8+. The van der Waals surface area contributed by atoms with Gasteiger partial charge in [-0.05, 0) is 17.7 Å². The van der Waals surface area contributed by atoms with Gasteiger partial charge in [0.2, 0.25) is 0 Å². The molecule has 0 spiro atoms. The van der Waals surface area contributed by atoms with Crippen LogP contribution in [-0.2, 0) is 0 Å². The van der Waals surface area contributed by atoms with Gasteiger partial charge >= 0.3 is 0 Å². The van der Waals surface area contributed by atoms with Crippen LogP contribution in [0.25, 0.3) is 0 Å². The highest BCUT2D eigenvalue weighted by atomic mass is 35.5. The van der Waals surface area contributed by atoms with Gasteiger partial charge < -0.3 is 0 Å². The van der Waals surface area contributed by atoms with Gasteiger partial charge in [0.1, 0.15) is 0 Å². The molecule has 0 heterocycles. The van der Waals surface area contributed by atoms with Crippen LogP contribution in [0.5, 0.6) is 0 Å². The van der Waals surface area contributed by atoms with E-state index in [1.807, 2.05) is 30.3 Å². The lowest BCUT2D eigenvalue weighted by Gasteiger charge is -2.02. The van der Waals surface area contributed by atoms with Gasteiger partial charge in [-0.2, -0.15) is 0 Å². The molecule has 17 heavy (non-hydrogen) atoms. The van der Waals surface area contributed by atoms with Gasteiger partial charge in [-0.3, -0.25) is 4.99 Å². The molecule has 4 heteroatoms. The third-order valence-electron chi connectivity index (χ3n) is 2.17. The molecule has 0 aliphatic carbocycles. The monoisotopic (exact) mass is 283 g/mol. The maximum Gasteiger partial charge on any atom is 0.0864 e. The maximum atomic E-state index is 6.03. The number of halogens is 3. The second kappa shape index (κ2) is 5.54. The smallest absolute Gasteiger partial charge is 0.0864 e. The minimum Gasteiger partial charge on any atom is -0.255 e. The molecule has 0 saturated heterocycles. The van der Waals surface area contributed by atoms with Crippen molar-refractivity contribution in [2.75, 3.05) is 0 Å². The first-order chi connectivity index (χ1) is 8.18. The van der Waals surface area contributed by atoms with E-state index in [9.17, 15) is 0 Å². The van der Waals surface area contributed by atoms with E-state index in [-0.39, 0.29) is 0 Å². The van der Waals surface area contributed by atoms with Crippen molar-refractivity contribution in [1.29, 1.82) is 0 Å². The molecule has 0 aliphatic rings. The normalized spacial score (nSPS) is 11.0. The summed E-state index contributed by atoms with van der Waals surface area (Å²) in [6, 6.07) is 13.1. The first-order valence-electron chi connectivity index (χ1n) is 4.91. The predicted molar refractivity (Wildman–Crippen MR) is 75.2 cm³/mol. The molecule has 2 aromatic rings. The van der Waals surface area contributed by atoms with Crippen LogP contribution >= 0.6 is 34.8 Å². The highest BCUT2D eigenvalue weighted by Gasteiger charge is 2.07. The number of aliphatic imine (C=N–C) groups is 1. The summed E-state index contributed by atoms with van der Waals surface area (Å²) in [5.74, 6) is 0. The first kappa shape index (κ1) is 12.4. The SMILES string of the molecule is Clc1ccc(/N=C/c2ccccc2)c(Cl)c1Cl. The molecule has 0 bridgehead atoms. The summed E-state index contributed by atoms with van der Waals surface area (Å²) < 4.78 is 0. The lowest BCUT2D eigenvalue weighted by Crippen LogP contribution is -1.79. The van der Waals surface area contributed by atoms with Crippen molar-refractivity contribution in [2.45, 2.75) is 0 Å². The summed E-state index contributed by atoms with van der Waals surface area (Å²) in [6.45, 7) is 0. The van der Waals surface area contributed by atoms with Crippen LogP contribution < -0.4 is 0 Å². The molecule has 0 saturated carbocycles. The fourth-order valence-electron chi connectivity index (χ4n) is 1.30. The van der Waals surface area contributed by atoms with E-state index in [1.165, 1.54) is 0 Å². The maximum absolute atomic E-state index is 6.03. The van der Waals surface area contributed by atoms with Gasteiger partial charge in [0.05, 0.1) is 20.8 Å². The van der Waals surface area contributed by atoms with Gasteiger partial charge in [-0.15, -0.1) is 0 Å². The molecule has 86 valence electrons. The fourth-order valence-corrected chi connectivity index (χ4v) is 1.88. The van der Waals surface area contributed by atoms with Crippen LogP contribution in [0.3, 0.4) is 0 Å². The largest absolute Gasteiger partial charge is 0.255 e. The molecule has 2 rings (SSSR count). The van der Waals surface area contributed by atoms with Gasteiger partial charge in [0, 0.05) is 6.21 Å². The van der Waals surface area contributed by atoms with Crippen molar-refractivity contribution >= 4 is 46.7 Å². The van der Waals surface area contributed by atoms with Gasteiger partial charge in [0.15, 0.2) is 0 Å². The number of benzene rings is 2. The topological polar surface area (TPSA) is 12.4 Å². The lowest BCUT2D eigenvalue weighted by molar-refractivity contribution is 1.52. The van der Waals surface area contributed by atoms with Crippen LogP contribution in [-0.4, -0.2) is 6.21 Å². The zero-order valence-corrected chi connectivity index (χ0v) is 11.0. The minimum absolute atomic E-state index is 0.330. The van der Waals surface area contributed by atoms with E-state index >= 15 is 0 Å². The molecule has 0 radical (unpaired) electrons. The quantitative estimate of drug-likeness (QED) is 0.517. The van der Waals surface area contributed by atoms with Crippen LogP contribution in [0.1, 0.15) is 5.56 Å². The average molecular weight is 285 g/mol. The summed E-state index contributed by atoms with van der Waals surface area (Å²) in [7, 11) is 0. The summed E-state index contributed by atoms with van der Waals surface area (Å²) in [5, 5.41) is 1.12. The van der Waals surface area contributed by atoms with Crippen molar-refractivity contribution in [3.8, 4) is 0 Å². The van der Waals surface area contributed by atoms with E-state index in [4.69, 9.17) is 34.8 Å². The van der Waals surface area contributed by atoms with E-state index in [1.54, 1.807) is 18.3 Å². The summed E-state index contributed by atoms with van der Waals surface area (Å²) >= 11 is 17.8. The van der Waals surface area contributed by atoms with Gasteiger partial charge in [0.25, 0.3) is 0 Å². The Kier molecular flexibility index (Phi) is 4.06. The lowest BCUT2D eigenvalue weighted by atomic mass is 10.2. The Bertz CT molecular complexity index is 550. The van der Waals surface area contributed by atoms with Gasteiger partial charge in [-0.1, -0.05) is 65.1 Å². The molecule has 0 unspecified atom stereocenters. The fraction of sp³-hybridized carbons (Fsp3) is 0. The van der Waals surface area contributed by atoms with E-state index in [0.717, 1.165) is 5.56 Å².